The number of nitrogens with one attached hydrogen (secondary N) is 1. The van der Waals surface area contributed by atoms with Gasteiger partial charge in [0.2, 0.25) is 0 Å². The lowest BCUT2D eigenvalue weighted by Gasteiger charge is -2.24. The van der Waals surface area contributed by atoms with Crippen LogP contribution in [0.25, 0.3) is 11.0 Å². The molecule has 1 fully saturated rings. The first kappa shape index (κ1) is 13.8. The van der Waals surface area contributed by atoms with Crippen molar-refractivity contribution >= 4 is 23.3 Å². The summed E-state index contributed by atoms with van der Waals surface area (Å²) in [5, 5.41) is 0. The van der Waals surface area contributed by atoms with Gasteiger partial charge in [-0.2, -0.15) is 0 Å². The maximum atomic E-state index is 5.49. The van der Waals surface area contributed by atoms with Crippen molar-refractivity contribution in [1.82, 2.24) is 14.5 Å². The Morgan fingerprint density at radius 1 is 1.35 bits per heavy atom. The Balaban J connectivity index is 1.80. The zero-order valence-corrected chi connectivity index (χ0v) is 13.2. The van der Waals surface area contributed by atoms with E-state index in [-0.39, 0.29) is 0 Å². The minimum atomic E-state index is 0.774. The van der Waals surface area contributed by atoms with Crippen molar-refractivity contribution in [3.8, 4) is 0 Å². The second-order valence-electron chi connectivity index (χ2n) is 5.97. The molecule has 0 bridgehead atoms. The molecule has 1 aliphatic carbocycles. The molecule has 0 unspecified atom stereocenters. The summed E-state index contributed by atoms with van der Waals surface area (Å²) in [7, 11) is 2.25. The topological polar surface area (TPSA) is 24.0 Å². The number of H-pyrrole nitrogens is 1. The molecule has 0 spiro atoms. The predicted octanol–water partition coefficient (Wildman–Crippen LogP) is 3.88. The van der Waals surface area contributed by atoms with Gasteiger partial charge in [0.25, 0.3) is 0 Å². The van der Waals surface area contributed by atoms with Gasteiger partial charge in [-0.3, -0.25) is 0 Å². The van der Waals surface area contributed by atoms with E-state index >= 15 is 0 Å². The Hall–Kier alpha value is -1.13. The van der Waals surface area contributed by atoms with Crippen LogP contribution in [0, 0.1) is 11.7 Å². The fourth-order valence-electron chi connectivity index (χ4n) is 3.40. The van der Waals surface area contributed by atoms with Crippen LogP contribution < -0.4 is 0 Å². The number of hydrogen-bond acceptors (Lipinski definition) is 2. The lowest BCUT2D eigenvalue weighted by Crippen LogP contribution is -2.32. The largest absolute Gasteiger partial charge is 0.331 e. The molecule has 0 aliphatic heterocycles. The Morgan fingerprint density at radius 3 is 2.85 bits per heavy atom. The van der Waals surface area contributed by atoms with E-state index in [0.29, 0.717) is 0 Å². The smallest absolute Gasteiger partial charge is 0.178 e. The van der Waals surface area contributed by atoms with E-state index in [4.69, 9.17) is 12.2 Å². The highest BCUT2D eigenvalue weighted by Gasteiger charge is 2.19. The number of rotatable bonds is 4. The molecule has 1 aliphatic rings. The summed E-state index contributed by atoms with van der Waals surface area (Å²) < 4.78 is 3.10. The SMILES string of the molecule is Cc1cccc2[nH]c(=S)n(CCN(C)C3CCCC3)c12. The van der Waals surface area contributed by atoms with E-state index in [1.807, 2.05) is 0 Å². The standard InChI is InChI=1S/C16H23N3S/c1-12-6-5-9-14-15(12)19(16(20)17-14)11-10-18(2)13-7-3-4-8-13/h5-6,9,13H,3-4,7-8,10-11H2,1-2H3,(H,17,20). The fourth-order valence-corrected chi connectivity index (χ4v) is 3.69. The first-order valence-corrected chi connectivity index (χ1v) is 7.96. The molecule has 20 heavy (non-hydrogen) atoms. The molecule has 0 atom stereocenters. The Kier molecular flexibility index (Phi) is 3.94. The zero-order valence-electron chi connectivity index (χ0n) is 12.4. The number of aromatic nitrogens is 2. The van der Waals surface area contributed by atoms with Crippen molar-refractivity contribution in [2.24, 2.45) is 0 Å². The van der Waals surface area contributed by atoms with E-state index in [0.717, 1.165) is 29.4 Å². The molecule has 4 heteroatoms. The van der Waals surface area contributed by atoms with Crippen LogP contribution in [0.4, 0.5) is 0 Å². The van der Waals surface area contributed by atoms with Gasteiger partial charge in [0.05, 0.1) is 11.0 Å². The number of aryl methyl sites for hydroxylation is 1. The lowest BCUT2D eigenvalue weighted by atomic mass is 10.2. The Labute approximate surface area is 125 Å². The molecule has 3 nitrogen and oxygen atoms in total. The maximum Gasteiger partial charge on any atom is 0.178 e. The number of benzene rings is 1. The number of para-hydroxylation sites is 1. The Bertz CT molecular complexity index is 649. The van der Waals surface area contributed by atoms with Crippen LogP contribution in [0.15, 0.2) is 18.2 Å². The lowest BCUT2D eigenvalue weighted by molar-refractivity contribution is 0.237. The zero-order chi connectivity index (χ0) is 14.1. The van der Waals surface area contributed by atoms with Crippen LogP contribution in [0.1, 0.15) is 31.2 Å². The molecule has 0 radical (unpaired) electrons. The molecule has 0 amide bonds. The number of fused-ring (bicyclic) bond motifs is 1. The molecular weight excluding hydrogens is 266 g/mol. The Morgan fingerprint density at radius 2 is 2.10 bits per heavy atom. The third-order valence-electron chi connectivity index (χ3n) is 4.62. The van der Waals surface area contributed by atoms with Crippen molar-refractivity contribution in [2.45, 2.75) is 45.2 Å². The summed E-state index contributed by atoms with van der Waals surface area (Å²) in [6.45, 7) is 4.19. The molecular formula is C16H23N3S. The first-order chi connectivity index (χ1) is 9.66. The second kappa shape index (κ2) is 5.70. The highest BCUT2D eigenvalue weighted by molar-refractivity contribution is 7.71. The van der Waals surface area contributed by atoms with Crippen LogP contribution in [-0.2, 0) is 6.54 Å². The minimum absolute atomic E-state index is 0.774. The first-order valence-electron chi connectivity index (χ1n) is 7.55. The van der Waals surface area contributed by atoms with Crippen LogP contribution in [-0.4, -0.2) is 34.1 Å². The monoisotopic (exact) mass is 289 g/mol. The fraction of sp³-hybridized carbons (Fsp3) is 0.562. The van der Waals surface area contributed by atoms with E-state index < -0.39 is 0 Å². The summed E-state index contributed by atoms with van der Waals surface area (Å²) in [6, 6.07) is 7.12. The second-order valence-corrected chi connectivity index (χ2v) is 6.36. The van der Waals surface area contributed by atoms with Gasteiger partial charge >= 0.3 is 0 Å². The van der Waals surface area contributed by atoms with Crippen molar-refractivity contribution in [3.05, 3.63) is 28.5 Å². The third kappa shape index (κ3) is 2.54. The van der Waals surface area contributed by atoms with E-state index in [1.165, 1.54) is 36.8 Å². The highest BCUT2D eigenvalue weighted by Crippen LogP contribution is 2.23. The summed E-state index contributed by atoms with van der Waals surface area (Å²) in [6.07, 6.45) is 5.49. The van der Waals surface area contributed by atoms with Crippen molar-refractivity contribution in [3.63, 3.8) is 0 Å². The third-order valence-corrected chi connectivity index (χ3v) is 4.94. The number of nitrogens with zero attached hydrogens (tertiary/aromatic N) is 2. The van der Waals surface area contributed by atoms with E-state index in [2.05, 4.69) is 46.6 Å². The quantitative estimate of drug-likeness (QED) is 0.864. The summed E-state index contributed by atoms with van der Waals surface area (Å²) in [5.74, 6) is 0. The molecule has 1 aromatic carbocycles. The van der Waals surface area contributed by atoms with Crippen LogP contribution in [0.5, 0.6) is 0 Å². The molecule has 1 aromatic heterocycles. The normalized spacial score (nSPS) is 16.6. The van der Waals surface area contributed by atoms with Crippen LogP contribution in [0.3, 0.4) is 0 Å². The maximum absolute atomic E-state index is 5.49. The number of aromatic amines is 1. The molecule has 0 saturated heterocycles. The number of likely N-dealkylation sites (N-methyl/N-ethyl adjacent to an activating group) is 1. The van der Waals surface area contributed by atoms with Crippen molar-refractivity contribution in [1.29, 1.82) is 0 Å². The van der Waals surface area contributed by atoms with Crippen molar-refractivity contribution < 1.29 is 0 Å². The summed E-state index contributed by atoms with van der Waals surface area (Å²) in [4.78, 5) is 5.83. The summed E-state index contributed by atoms with van der Waals surface area (Å²) >= 11 is 5.49. The van der Waals surface area contributed by atoms with Crippen molar-refractivity contribution in [2.75, 3.05) is 13.6 Å². The van der Waals surface area contributed by atoms with Gasteiger partial charge in [-0.05, 0) is 50.7 Å². The van der Waals surface area contributed by atoms with Gasteiger partial charge in [0.1, 0.15) is 0 Å². The molecule has 1 N–H and O–H groups in total. The molecule has 1 heterocycles. The van der Waals surface area contributed by atoms with E-state index in [9.17, 15) is 0 Å². The molecule has 1 saturated carbocycles. The van der Waals surface area contributed by atoms with Gasteiger partial charge in [-0.1, -0.05) is 25.0 Å². The highest BCUT2D eigenvalue weighted by atomic mass is 32.1. The van der Waals surface area contributed by atoms with E-state index in [1.54, 1.807) is 0 Å². The molecule has 108 valence electrons. The number of hydrogen-bond donors (Lipinski definition) is 1. The average Bonchev–Trinajstić information content (AvgIpc) is 3.04. The minimum Gasteiger partial charge on any atom is -0.331 e. The van der Waals surface area contributed by atoms with Crippen LogP contribution >= 0.6 is 12.2 Å². The number of imidazole rings is 1. The van der Waals surface area contributed by atoms with Crippen LogP contribution in [0.2, 0.25) is 0 Å². The van der Waals surface area contributed by atoms with Gasteiger partial charge < -0.3 is 14.5 Å². The summed E-state index contributed by atoms with van der Waals surface area (Å²) in [5.41, 5.74) is 3.70. The predicted molar refractivity (Wildman–Crippen MR) is 86.7 cm³/mol. The van der Waals surface area contributed by atoms with Gasteiger partial charge in [0.15, 0.2) is 4.77 Å². The molecule has 3 rings (SSSR count). The molecule has 2 aromatic rings. The van der Waals surface area contributed by atoms with Gasteiger partial charge in [-0.15, -0.1) is 0 Å². The van der Waals surface area contributed by atoms with Gasteiger partial charge in [-0.25, -0.2) is 0 Å². The van der Waals surface area contributed by atoms with Gasteiger partial charge in [0, 0.05) is 19.1 Å². The average molecular weight is 289 g/mol.